The van der Waals surface area contributed by atoms with E-state index in [-0.39, 0.29) is 24.0 Å². The molecule has 0 unspecified atom stereocenters. The van der Waals surface area contributed by atoms with E-state index in [0.717, 1.165) is 25.1 Å². The van der Waals surface area contributed by atoms with Gasteiger partial charge in [-0.15, -0.1) is 0 Å². The van der Waals surface area contributed by atoms with Crippen molar-refractivity contribution < 1.29 is 18.0 Å². The number of hydrogen-bond acceptors (Lipinski definition) is 6. The molecule has 2 aliphatic heterocycles. The Balaban J connectivity index is 1.26. The van der Waals surface area contributed by atoms with Crippen LogP contribution in [0.1, 0.15) is 78.1 Å². The van der Waals surface area contributed by atoms with Crippen LogP contribution in [0.3, 0.4) is 0 Å². The SMILES string of the molecule is Cc1nn(-c2ccc(C(N)=O)c(N[C@H]3CCN(S(=O)(=O)NCC4CC4)C3)c2)c2c1C(=O)N(CC1CC1)C(C)(C)C2. The summed E-state index contributed by atoms with van der Waals surface area (Å²) >= 11 is 0. The van der Waals surface area contributed by atoms with Gasteiger partial charge in [0.2, 0.25) is 0 Å². The van der Waals surface area contributed by atoms with Gasteiger partial charge < -0.3 is 16.0 Å². The fraction of sp³-hybridized carbons (Fsp3) is 0.607. The van der Waals surface area contributed by atoms with Crippen LogP contribution in [0.25, 0.3) is 5.69 Å². The number of carbonyl (C=O) groups is 2. The lowest BCUT2D eigenvalue weighted by Crippen LogP contribution is -2.53. The number of rotatable bonds is 10. The number of nitrogens with zero attached hydrogens (tertiary/aromatic N) is 4. The van der Waals surface area contributed by atoms with E-state index < -0.39 is 16.1 Å². The Morgan fingerprint density at radius 3 is 2.55 bits per heavy atom. The van der Waals surface area contributed by atoms with Gasteiger partial charge in [0.1, 0.15) is 0 Å². The van der Waals surface area contributed by atoms with Crippen molar-refractivity contribution in [2.45, 2.75) is 70.9 Å². The minimum Gasteiger partial charge on any atom is -0.380 e. The van der Waals surface area contributed by atoms with E-state index in [1.54, 1.807) is 12.1 Å². The highest BCUT2D eigenvalue weighted by molar-refractivity contribution is 7.87. The Morgan fingerprint density at radius 1 is 1.15 bits per heavy atom. The molecule has 1 aromatic carbocycles. The molecule has 40 heavy (non-hydrogen) atoms. The summed E-state index contributed by atoms with van der Waals surface area (Å²) in [6, 6.07) is 5.10. The molecule has 6 rings (SSSR count). The van der Waals surface area contributed by atoms with Gasteiger partial charge in [0.05, 0.1) is 28.2 Å². The van der Waals surface area contributed by atoms with E-state index in [1.165, 1.54) is 17.1 Å². The molecule has 12 heteroatoms. The highest BCUT2D eigenvalue weighted by atomic mass is 32.2. The van der Waals surface area contributed by atoms with Crippen LogP contribution in [0, 0.1) is 18.8 Å². The number of aryl methyl sites for hydroxylation is 1. The van der Waals surface area contributed by atoms with E-state index in [9.17, 15) is 18.0 Å². The number of anilines is 1. The Hall–Kier alpha value is -2.96. The maximum absolute atomic E-state index is 13.6. The van der Waals surface area contributed by atoms with Crippen molar-refractivity contribution >= 4 is 27.7 Å². The van der Waals surface area contributed by atoms with Crippen LogP contribution in [0.4, 0.5) is 5.69 Å². The van der Waals surface area contributed by atoms with E-state index in [1.807, 2.05) is 22.6 Å². The number of hydrogen-bond donors (Lipinski definition) is 3. The highest BCUT2D eigenvalue weighted by Crippen LogP contribution is 2.38. The van der Waals surface area contributed by atoms with Crippen LogP contribution < -0.4 is 15.8 Å². The standard InChI is InChI=1S/C28H39N7O4S/c1-17-25-24(13-28(2,3)34(27(25)37)15-19-6-7-19)35(32-17)21-8-9-22(26(29)36)23(12-21)31-20-10-11-33(16-20)40(38,39)30-14-18-4-5-18/h8-9,12,18-20,30-31H,4-7,10-11,13-16H2,1-3H3,(H2,29,36)/t20-/m0/s1. The molecule has 3 heterocycles. The van der Waals surface area contributed by atoms with Gasteiger partial charge in [-0.3, -0.25) is 9.59 Å². The van der Waals surface area contributed by atoms with Crippen LogP contribution in [0.15, 0.2) is 18.2 Å². The normalized spacial score (nSPS) is 22.9. The summed E-state index contributed by atoms with van der Waals surface area (Å²) in [5.74, 6) is 0.487. The highest BCUT2D eigenvalue weighted by Gasteiger charge is 2.44. The Labute approximate surface area is 235 Å². The lowest BCUT2D eigenvalue weighted by atomic mass is 9.87. The van der Waals surface area contributed by atoms with E-state index in [2.05, 4.69) is 23.9 Å². The molecule has 11 nitrogen and oxygen atoms in total. The molecule has 216 valence electrons. The van der Waals surface area contributed by atoms with Gasteiger partial charge in [-0.2, -0.15) is 17.8 Å². The summed E-state index contributed by atoms with van der Waals surface area (Å²) in [4.78, 5) is 28.0. The van der Waals surface area contributed by atoms with Crippen LogP contribution in [0.2, 0.25) is 0 Å². The maximum atomic E-state index is 13.6. The monoisotopic (exact) mass is 569 g/mol. The summed E-state index contributed by atoms with van der Waals surface area (Å²) in [5, 5.41) is 8.15. The fourth-order valence-electron chi connectivity index (χ4n) is 5.95. The van der Waals surface area contributed by atoms with Crippen LogP contribution in [-0.2, 0) is 16.6 Å². The van der Waals surface area contributed by atoms with Crippen molar-refractivity contribution in [2.24, 2.45) is 17.6 Å². The Kier molecular flexibility index (Phi) is 6.70. The Bertz CT molecular complexity index is 1460. The number of aromatic nitrogens is 2. The lowest BCUT2D eigenvalue weighted by Gasteiger charge is -2.42. The maximum Gasteiger partial charge on any atom is 0.279 e. The molecule has 4 N–H and O–H groups in total. The number of benzene rings is 1. The summed E-state index contributed by atoms with van der Waals surface area (Å²) in [7, 11) is -3.55. The molecule has 1 aromatic heterocycles. The summed E-state index contributed by atoms with van der Waals surface area (Å²) in [6.45, 7) is 8.01. The first-order chi connectivity index (χ1) is 18.9. The molecule has 1 atom stereocenters. The third-order valence-corrected chi connectivity index (χ3v) is 10.2. The van der Waals surface area contributed by atoms with Gasteiger partial charge in [0.15, 0.2) is 0 Å². The van der Waals surface area contributed by atoms with Gasteiger partial charge in [-0.25, -0.2) is 9.40 Å². The van der Waals surface area contributed by atoms with Crippen molar-refractivity contribution in [3.63, 3.8) is 0 Å². The molecule has 2 aromatic rings. The second kappa shape index (κ2) is 9.85. The van der Waals surface area contributed by atoms with E-state index >= 15 is 0 Å². The number of nitrogens with one attached hydrogen (secondary N) is 2. The van der Waals surface area contributed by atoms with Gasteiger partial charge in [-0.1, -0.05) is 0 Å². The third-order valence-electron chi connectivity index (χ3n) is 8.70. The van der Waals surface area contributed by atoms with Crippen molar-refractivity contribution in [2.75, 3.05) is 31.5 Å². The minimum atomic E-state index is -3.55. The number of fused-ring (bicyclic) bond motifs is 1. The molecule has 0 bridgehead atoms. The second-order valence-electron chi connectivity index (χ2n) is 12.5. The van der Waals surface area contributed by atoms with Crippen LogP contribution in [-0.4, -0.2) is 77.0 Å². The zero-order valence-corrected chi connectivity index (χ0v) is 24.3. The van der Waals surface area contributed by atoms with E-state index in [0.29, 0.717) is 66.0 Å². The number of carbonyl (C=O) groups excluding carboxylic acids is 2. The Morgan fingerprint density at radius 2 is 1.88 bits per heavy atom. The number of primary amides is 1. The van der Waals surface area contributed by atoms with Crippen molar-refractivity contribution in [1.82, 2.24) is 23.7 Å². The number of nitrogens with two attached hydrogens (primary N) is 1. The molecule has 3 fully saturated rings. The topological polar surface area (TPSA) is 143 Å². The summed E-state index contributed by atoms with van der Waals surface area (Å²) in [5.41, 5.74) is 9.11. The average Bonchev–Trinajstić information content (AvgIpc) is 3.81. The molecular weight excluding hydrogens is 530 g/mol. The smallest absolute Gasteiger partial charge is 0.279 e. The van der Waals surface area contributed by atoms with Gasteiger partial charge >= 0.3 is 0 Å². The second-order valence-corrected chi connectivity index (χ2v) is 14.3. The summed E-state index contributed by atoms with van der Waals surface area (Å²) < 4.78 is 31.5. The minimum absolute atomic E-state index is 0.0246. The van der Waals surface area contributed by atoms with Crippen molar-refractivity contribution in [3.05, 3.63) is 40.7 Å². The first-order valence-corrected chi connectivity index (χ1v) is 15.7. The first kappa shape index (κ1) is 27.2. The van der Waals surface area contributed by atoms with E-state index in [4.69, 9.17) is 10.8 Å². The number of amides is 2. The molecule has 0 radical (unpaired) electrons. The van der Waals surface area contributed by atoms with Crippen molar-refractivity contribution in [1.29, 1.82) is 0 Å². The lowest BCUT2D eigenvalue weighted by molar-refractivity contribution is 0.0487. The third kappa shape index (κ3) is 5.24. The van der Waals surface area contributed by atoms with Crippen molar-refractivity contribution in [3.8, 4) is 5.69 Å². The first-order valence-electron chi connectivity index (χ1n) is 14.3. The molecule has 2 amide bonds. The molecule has 1 saturated heterocycles. The zero-order valence-electron chi connectivity index (χ0n) is 23.4. The molecule has 4 aliphatic rings. The predicted octanol–water partition coefficient (Wildman–Crippen LogP) is 2.20. The average molecular weight is 570 g/mol. The fourth-order valence-corrected chi connectivity index (χ4v) is 7.30. The van der Waals surface area contributed by atoms with Crippen LogP contribution in [0.5, 0.6) is 0 Å². The van der Waals surface area contributed by atoms with Gasteiger partial charge in [-0.05, 0) is 82.9 Å². The molecular formula is C28H39N7O4S. The molecule has 2 saturated carbocycles. The predicted molar refractivity (Wildman–Crippen MR) is 152 cm³/mol. The molecule has 2 aliphatic carbocycles. The zero-order chi connectivity index (χ0) is 28.4. The molecule has 0 spiro atoms. The van der Waals surface area contributed by atoms with Crippen LogP contribution >= 0.6 is 0 Å². The summed E-state index contributed by atoms with van der Waals surface area (Å²) in [6.07, 6.45) is 5.75. The van der Waals surface area contributed by atoms with Gasteiger partial charge in [0.25, 0.3) is 22.0 Å². The quantitative estimate of drug-likeness (QED) is 0.400. The largest absolute Gasteiger partial charge is 0.380 e. The van der Waals surface area contributed by atoms with Gasteiger partial charge in [0, 0.05) is 49.9 Å².